The third-order valence-corrected chi connectivity index (χ3v) is 2.91. The van der Waals surface area contributed by atoms with Crippen LogP contribution in [-0.2, 0) is 14.4 Å². The molecule has 0 saturated heterocycles. The molecule has 0 bridgehead atoms. The summed E-state index contributed by atoms with van der Waals surface area (Å²) in [6.45, 7) is 7.71. The molecular formula is C14H25NO3. The summed E-state index contributed by atoms with van der Waals surface area (Å²) in [5, 5.41) is 0. The van der Waals surface area contributed by atoms with Gasteiger partial charge in [0.05, 0.1) is 0 Å². The molecule has 0 spiro atoms. The van der Waals surface area contributed by atoms with Gasteiger partial charge in [-0.3, -0.25) is 19.3 Å². The molecule has 0 atom stereocenters. The molecule has 0 N–H and O–H groups in total. The van der Waals surface area contributed by atoms with Gasteiger partial charge in [0, 0.05) is 31.7 Å². The molecule has 0 aromatic rings. The van der Waals surface area contributed by atoms with Crippen molar-refractivity contribution in [2.45, 2.75) is 59.8 Å². The number of carbonyl (C=O) groups is 3. The Morgan fingerprint density at radius 3 is 1.83 bits per heavy atom. The van der Waals surface area contributed by atoms with Gasteiger partial charge in [-0.2, -0.15) is 0 Å². The van der Waals surface area contributed by atoms with Crippen LogP contribution in [0, 0.1) is 5.92 Å². The number of hydrogen-bond acceptors (Lipinski definition) is 3. The van der Waals surface area contributed by atoms with Crippen LogP contribution in [-0.4, -0.2) is 29.0 Å². The largest absolute Gasteiger partial charge is 0.299 e. The highest BCUT2D eigenvalue weighted by Crippen LogP contribution is 2.07. The van der Waals surface area contributed by atoms with Crippen LogP contribution in [0.1, 0.15) is 59.8 Å². The minimum absolute atomic E-state index is 0.0654. The zero-order chi connectivity index (χ0) is 14.1. The average molecular weight is 255 g/mol. The highest BCUT2D eigenvalue weighted by molar-refractivity contribution is 5.95. The van der Waals surface area contributed by atoms with E-state index in [0.717, 1.165) is 6.42 Å². The molecule has 0 fully saturated rings. The summed E-state index contributed by atoms with van der Waals surface area (Å²) in [6.07, 6.45) is 2.66. The molecule has 0 rings (SSSR count). The summed E-state index contributed by atoms with van der Waals surface area (Å²) in [6, 6.07) is 0. The van der Waals surface area contributed by atoms with E-state index < -0.39 is 0 Å². The Labute approximate surface area is 110 Å². The molecule has 0 aromatic carbocycles. The molecule has 0 aliphatic carbocycles. The van der Waals surface area contributed by atoms with Crippen LogP contribution in [0.2, 0.25) is 0 Å². The van der Waals surface area contributed by atoms with E-state index in [-0.39, 0.29) is 23.5 Å². The molecular weight excluding hydrogens is 230 g/mol. The van der Waals surface area contributed by atoms with Gasteiger partial charge in [0.15, 0.2) is 0 Å². The van der Waals surface area contributed by atoms with Crippen molar-refractivity contribution in [2.75, 3.05) is 6.54 Å². The van der Waals surface area contributed by atoms with E-state index in [1.165, 1.54) is 4.90 Å². The van der Waals surface area contributed by atoms with Crippen LogP contribution in [0.15, 0.2) is 0 Å². The molecule has 0 saturated carbocycles. The number of Topliss-reactive ketones (excluding diaryl/α,β-unsaturated/α-hetero) is 1. The van der Waals surface area contributed by atoms with E-state index in [1.807, 2.05) is 13.8 Å². The van der Waals surface area contributed by atoms with Gasteiger partial charge in [-0.25, -0.2) is 0 Å². The summed E-state index contributed by atoms with van der Waals surface area (Å²) in [5.74, 6) is 0.0508. The van der Waals surface area contributed by atoms with E-state index >= 15 is 0 Å². The van der Waals surface area contributed by atoms with E-state index in [9.17, 15) is 14.4 Å². The van der Waals surface area contributed by atoms with Crippen LogP contribution in [0.5, 0.6) is 0 Å². The maximum atomic E-state index is 11.6. The molecule has 2 amide bonds. The third kappa shape index (κ3) is 5.94. The molecule has 0 aliphatic rings. The van der Waals surface area contributed by atoms with Gasteiger partial charge in [-0.05, 0) is 12.8 Å². The van der Waals surface area contributed by atoms with Crippen LogP contribution < -0.4 is 0 Å². The molecule has 18 heavy (non-hydrogen) atoms. The lowest BCUT2D eigenvalue weighted by atomic mass is 10.0. The fourth-order valence-corrected chi connectivity index (χ4v) is 1.63. The smallest absolute Gasteiger partial charge is 0.228 e. The fraction of sp³-hybridized carbons (Fsp3) is 0.786. The zero-order valence-corrected chi connectivity index (χ0v) is 12.0. The van der Waals surface area contributed by atoms with Gasteiger partial charge >= 0.3 is 0 Å². The van der Waals surface area contributed by atoms with Crippen LogP contribution >= 0.6 is 0 Å². The SMILES string of the molecule is CCC(=O)N(CCCCC(=O)C(C)C)C(=O)CC. The van der Waals surface area contributed by atoms with Crippen LogP contribution in [0.4, 0.5) is 0 Å². The Morgan fingerprint density at radius 1 is 0.944 bits per heavy atom. The van der Waals surface area contributed by atoms with Gasteiger partial charge in [-0.15, -0.1) is 0 Å². The van der Waals surface area contributed by atoms with Gasteiger partial charge in [0.25, 0.3) is 0 Å². The highest BCUT2D eigenvalue weighted by atomic mass is 16.2. The first kappa shape index (κ1) is 16.8. The van der Waals surface area contributed by atoms with Crippen LogP contribution in [0.25, 0.3) is 0 Å². The highest BCUT2D eigenvalue weighted by Gasteiger charge is 2.17. The second-order valence-electron chi connectivity index (χ2n) is 4.72. The molecule has 0 aliphatic heterocycles. The lowest BCUT2D eigenvalue weighted by Crippen LogP contribution is -2.36. The summed E-state index contributed by atoms with van der Waals surface area (Å²) < 4.78 is 0. The number of nitrogens with zero attached hydrogens (tertiary/aromatic N) is 1. The number of imide groups is 1. The van der Waals surface area contributed by atoms with Gasteiger partial charge in [0.2, 0.25) is 11.8 Å². The third-order valence-electron chi connectivity index (χ3n) is 2.91. The molecule has 4 heteroatoms. The predicted molar refractivity (Wildman–Crippen MR) is 71.0 cm³/mol. The van der Waals surface area contributed by atoms with Crippen molar-refractivity contribution < 1.29 is 14.4 Å². The Balaban J connectivity index is 4.09. The van der Waals surface area contributed by atoms with Gasteiger partial charge in [0.1, 0.15) is 5.78 Å². The van der Waals surface area contributed by atoms with Crippen molar-refractivity contribution in [3.63, 3.8) is 0 Å². The van der Waals surface area contributed by atoms with E-state index in [1.54, 1.807) is 13.8 Å². The number of ketones is 1. The molecule has 0 heterocycles. The first-order chi connectivity index (χ1) is 8.43. The fourth-order valence-electron chi connectivity index (χ4n) is 1.63. The minimum atomic E-state index is -0.128. The monoisotopic (exact) mass is 255 g/mol. The van der Waals surface area contributed by atoms with Crippen molar-refractivity contribution in [2.24, 2.45) is 5.92 Å². The van der Waals surface area contributed by atoms with Crippen molar-refractivity contribution in [3.05, 3.63) is 0 Å². The maximum absolute atomic E-state index is 11.6. The predicted octanol–water partition coefficient (Wildman–Crippen LogP) is 2.56. The molecule has 0 unspecified atom stereocenters. The first-order valence-electron chi connectivity index (χ1n) is 6.79. The zero-order valence-electron chi connectivity index (χ0n) is 12.0. The second kappa shape index (κ2) is 8.84. The Morgan fingerprint density at radius 2 is 1.44 bits per heavy atom. The first-order valence-corrected chi connectivity index (χ1v) is 6.79. The topological polar surface area (TPSA) is 54.5 Å². The van der Waals surface area contributed by atoms with Crippen molar-refractivity contribution in [1.82, 2.24) is 4.90 Å². The van der Waals surface area contributed by atoms with Crippen molar-refractivity contribution in [3.8, 4) is 0 Å². The number of hydrogen-bond donors (Lipinski definition) is 0. The Hall–Kier alpha value is -1.19. The second-order valence-corrected chi connectivity index (χ2v) is 4.72. The standard InChI is InChI=1S/C14H25NO3/c1-5-13(17)15(14(18)6-2)10-8-7-9-12(16)11(3)4/h11H,5-10H2,1-4H3. The molecule has 4 nitrogen and oxygen atoms in total. The number of amides is 2. The Kier molecular flexibility index (Phi) is 8.25. The quantitative estimate of drug-likeness (QED) is 0.626. The summed E-state index contributed by atoms with van der Waals surface area (Å²) in [4.78, 5) is 35.9. The van der Waals surface area contributed by atoms with E-state index in [0.29, 0.717) is 32.2 Å². The number of rotatable bonds is 8. The van der Waals surface area contributed by atoms with E-state index in [4.69, 9.17) is 0 Å². The van der Waals surface area contributed by atoms with Crippen molar-refractivity contribution >= 4 is 17.6 Å². The lowest BCUT2D eigenvalue weighted by molar-refractivity contribution is -0.144. The summed E-state index contributed by atoms with van der Waals surface area (Å²) >= 11 is 0. The lowest BCUT2D eigenvalue weighted by Gasteiger charge is -2.19. The van der Waals surface area contributed by atoms with Gasteiger partial charge in [-0.1, -0.05) is 27.7 Å². The molecule has 0 aromatic heterocycles. The summed E-state index contributed by atoms with van der Waals surface area (Å²) in [7, 11) is 0. The number of unbranched alkanes of at least 4 members (excludes halogenated alkanes) is 1. The van der Waals surface area contributed by atoms with E-state index in [2.05, 4.69) is 0 Å². The molecule has 0 radical (unpaired) electrons. The van der Waals surface area contributed by atoms with Gasteiger partial charge < -0.3 is 0 Å². The number of carbonyl (C=O) groups excluding carboxylic acids is 3. The summed E-state index contributed by atoms with van der Waals surface area (Å²) in [5.41, 5.74) is 0. The normalized spacial score (nSPS) is 10.5. The minimum Gasteiger partial charge on any atom is -0.299 e. The molecule has 104 valence electrons. The van der Waals surface area contributed by atoms with Crippen molar-refractivity contribution in [1.29, 1.82) is 0 Å². The Bertz CT molecular complexity index is 281. The van der Waals surface area contributed by atoms with Crippen LogP contribution in [0.3, 0.4) is 0 Å². The average Bonchev–Trinajstić information content (AvgIpc) is 2.36. The maximum Gasteiger partial charge on any atom is 0.228 e.